The molecule has 0 unspecified atom stereocenters. The van der Waals surface area contributed by atoms with Gasteiger partial charge in [-0.3, -0.25) is 4.68 Å². The zero-order valence-electron chi connectivity index (χ0n) is 15.3. The van der Waals surface area contributed by atoms with Crippen LogP contribution in [0.2, 0.25) is 0 Å². The number of fused-ring (bicyclic) bond motifs is 2. The minimum atomic E-state index is -4.32. The van der Waals surface area contributed by atoms with Crippen molar-refractivity contribution in [3.05, 3.63) is 55.4 Å². The van der Waals surface area contributed by atoms with Gasteiger partial charge >= 0.3 is 6.18 Å². The summed E-state index contributed by atoms with van der Waals surface area (Å²) in [6.45, 7) is -1.12. The fourth-order valence-electron chi connectivity index (χ4n) is 3.48. The second-order valence-electron chi connectivity index (χ2n) is 6.92. The fraction of sp³-hybridized carbons (Fsp3) is 0.150. The van der Waals surface area contributed by atoms with Gasteiger partial charge in [0.1, 0.15) is 12.2 Å². The van der Waals surface area contributed by atoms with Crippen molar-refractivity contribution in [3.8, 4) is 22.3 Å². The quantitative estimate of drug-likeness (QED) is 0.487. The molecule has 1 aromatic carbocycles. The molecule has 0 fully saturated rings. The largest absolute Gasteiger partial charge is 0.408 e. The lowest BCUT2D eigenvalue weighted by Gasteiger charge is -2.05. The molecule has 0 aliphatic rings. The van der Waals surface area contributed by atoms with E-state index in [2.05, 4.69) is 26.1 Å². The summed E-state index contributed by atoms with van der Waals surface area (Å²) in [5.74, 6) is 0. The summed E-state index contributed by atoms with van der Waals surface area (Å²) in [7, 11) is 1.94. The van der Waals surface area contributed by atoms with Crippen molar-refractivity contribution in [2.45, 2.75) is 12.7 Å². The van der Waals surface area contributed by atoms with E-state index in [1.165, 1.54) is 12.4 Å². The van der Waals surface area contributed by atoms with Gasteiger partial charge in [0.05, 0.1) is 23.6 Å². The summed E-state index contributed by atoms with van der Waals surface area (Å²) in [5.41, 5.74) is 5.86. The molecule has 5 aromatic rings. The molecule has 29 heavy (non-hydrogen) atoms. The van der Waals surface area contributed by atoms with Gasteiger partial charge in [0.15, 0.2) is 0 Å². The second kappa shape index (κ2) is 6.20. The highest BCUT2D eigenvalue weighted by molar-refractivity contribution is 5.97. The number of hydrogen-bond donors (Lipinski definition) is 1. The first-order valence-electron chi connectivity index (χ1n) is 8.85. The van der Waals surface area contributed by atoms with Crippen molar-refractivity contribution in [3.63, 3.8) is 0 Å². The number of alkyl halides is 3. The highest BCUT2D eigenvalue weighted by Crippen LogP contribution is 2.32. The average Bonchev–Trinajstić information content (AvgIpc) is 3.39. The van der Waals surface area contributed by atoms with Gasteiger partial charge in [0.25, 0.3) is 0 Å². The number of H-pyrrole nitrogens is 1. The molecule has 4 heterocycles. The molecular weight excluding hydrogens is 381 g/mol. The van der Waals surface area contributed by atoms with E-state index in [0.717, 1.165) is 32.2 Å². The average molecular weight is 396 g/mol. The number of imidazole rings is 1. The molecule has 9 heteroatoms. The molecule has 4 aromatic heterocycles. The summed E-state index contributed by atoms with van der Waals surface area (Å²) in [4.78, 5) is 11.9. The van der Waals surface area contributed by atoms with Crippen LogP contribution in [0, 0.1) is 0 Å². The van der Waals surface area contributed by atoms with E-state index >= 15 is 0 Å². The maximum Gasteiger partial charge on any atom is 0.408 e. The van der Waals surface area contributed by atoms with Crippen LogP contribution < -0.4 is 0 Å². The normalized spacial score (nSPS) is 12.3. The lowest BCUT2D eigenvalue weighted by Crippen LogP contribution is -2.17. The molecular formula is C20H15F3N6. The summed E-state index contributed by atoms with van der Waals surface area (Å²) >= 11 is 0. The standard InChI is InChI=1S/C20H15F3N6/c1-28-11-26-17-3-2-12(5-18(17)28)16-8-25-19-15(16)4-13(6-24-19)14-7-27-29(9-14)10-20(21,22)23/h2-9,11H,10H2,1H3,(H,24,25). The van der Waals surface area contributed by atoms with Crippen molar-refractivity contribution in [1.82, 2.24) is 29.3 Å². The number of aryl methyl sites for hydroxylation is 1. The van der Waals surface area contributed by atoms with Gasteiger partial charge in [-0.25, -0.2) is 9.97 Å². The zero-order valence-corrected chi connectivity index (χ0v) is 15.3. The minimum Gasteiger partial charge on any atom is -0.346 e. The molecule has 0 aliphatic heterocycles. The molecule has 5 rings (SSSR count). The molecule has 0 saturated heterocycles. The number of hydrogen-bond acceptors (Lipinski definition) is 3. The van der Waals surface area contributed by atoms with Crippen molar-refractivity contribution >= 4 is 22.1 Å². The number of benzene rings is 1. The van der Waals surface area contributed by atoms with Crippen LogP contribution in [0.25, 0.3) is 44.3 Å². The van der Waals surface area contributed by atoms with Crippen molar-refractivity contribution in [2.75, 3.05) is 0 Å². The van der Waals surface area contributed by atoms with Gasteiger partial charge < -0.3 is 9.55 Å². The number of rotatable bonds is 3. The minimum absolute atomic E-state index is 0.581. The Bertz CT molecular complexity index is 1340. The first-order valence-corrected chi connectivity index (χ1v) is 8.85. The van der Waals surface area contributed by atoms with Crippen LogP contribution in [0.5, 0.6) is 0 Å². The molecule has 0 bridgehead atoms. The third kappa shape index (κ3) is 3.14. The van der Waals surface area contributed by atoms with Gasteiger partial charge in [-0.05, 0) is 23.8 Å². The van der Waals surface area contributed by atoms with Crippen molar-refractivity contribution in [2.24, 2.45) is 7.05 Å². The van der Waals surface area contributed by atoms with Crippen LogP contribution in [0.4, 0.5) is 13.2 Å². The summed E-state index contributed by atoms with van der Waals surface area (Å²) in [5, 5.41) is 4.70. The molecule has 0 aliphatic carbocycles. The highest BCUT2D eigenvalue weighted by atomic mass is 19.4. The van der Waals surface area contributed by atoms with Crippen molar-refractivity contribution < 1.29 is 13.2 Å². The number of aromatic nitrogens is 6. The number of nitrogens with zero attached hydrogens (tertiary/aromatic N) is 5. The van der Waals surface area contributed by atoms with Crippen LogP contribution in [-0.2, 0) is 13.6 Å². The molecule has 0 radical (unpaired) electrons. The Morgan fingerprint density at radius 1 is 1.03 bits per heavy atom. The Balaban J connectivity index is 1.57. The van der Waals surface area contributed by atoms with Gasteiger partial charge in [-0.2, -0.15) is 18.3 Å². The number of halogens is 3. The van der Waals surface area contributed by atoms with Gasteiger partial charge in [-0.1, -0.05) is 6.07 Å². The Morgan fingerprint density at radius 2 is 1.90 bits per heavy atom. The van der Waals surface area contributed by atoms with E-state index in [-0.39, 0.29) is 0 Å². The summed E-state index contributed by atoms with van der Waals surface area (Å²) in [6, 6.07) is 7.92. The van der Waals surface area contributed by atoms with Gasteiger partial charge in [0, 0.05) is 47.7 Å². The smallest absolute Gasteiger partial charge is 0.346 e. The predicted octanol–water partition coefficient (Wildman–Crippen LogP) is 4.54. The van der Waals surface area contributed by atoms with E-state index < -0.39 is 12.7 Å². The van der Waals surface area contributed by atoms with Crippen LogP contribution in [0.3, 0.4) is 0 Å². The number of aromatic amines is 1. The maximum atomic E-state index is 12.6. The Hall–Kier alpha value is -3.62. The van der Waals surface area contributed by atoms with Crippen LogP contribution in [0.15, 0.2) is 55.4 Å². The lowest BCUT2D eigenvalue weighted by atomic mass is 10.0. The zero-order chi connectivity index (χ0) is 20.2. The first kappa shape index (κ1) is 17.5. The highest BCUT2D eigenvalue weighted by Gasteiger charge is 2.28. The first-order chi connectivity index (χ1) is 13.9. The summed E-state index contributed by atoms with van der Waals surface area (Å²) in [6.07, 6.45) is 3.76. The van der Waals surface area contributed by atoms with Gasteiger partial charge in [0.2, 0.25) is 0 Å². The van der Waals surface area contributed by atoms with Gasteiger partial charge in [-0.15, -0.1) is 0 Å². The third-order valence-corrected chi connectivity index (χ3v) is 4.88. The maximum absolute atomic E-state index is 12.6. The third-order valence-electron chi connectivity index (χ3n) is 4.88. The van der Waals surface area contributed by atoms with E-state index in [1.54, 1.807) is 12.5 Å². The van der Waals surface area contributed by atoms with E-state index in [4.69, 9.17) is 0 Å². The lowest BCUT2D eigenvalue weighted by molar-refractivity contribution is -0.142. The number of nitrogens with one attached hydrogen (secondary N) is 1. The number of pyridine rings is 1. The molecule has 0 atom stereocenters. The topological polar surface area (TPSA) is 64.3 Å². The van der Waals surface area contributed by atoms with Crippen LogP contribution >= 0.6 is 0 Å². The predicted molar refractivity (Wildman–Crippen MR) is 103 cm³/mol. The Morgan fingerprint density at radius 3 is 2.72 bits per heavy atom. The SMILES string of the molecule is Cn1cnc2ccc(-c3c[nH]c4ncc(-c5cnn(CC(F)(F)F)c5)cc34)cc21. The van der Waals surface area contributed by atoms with Crippen molar-refractivity contribution in [1.29, 1.82) is 0 Å². The van der Waals surface area contributed by atoms with E-state index in [0.29, 0.717) is 16.8 Å². The molecule has 146 valence electrons. The van der Waals surface area contributed by atoms with Crippen LogP contribution in [0.1, 0.15) is 0 Å². The Labute approximate surface area is 162 Å². The Kier molecular flexibility index (Phi) is 3.73. The van der Waals surface area contributed by atoms with E-state index in [9.17, 15) is 13.2 Å². The van der Waals surface area contributed by atoms with Crippen LogP contribution in [-0.4, -0.2) is 35.5 Å². The molecule has 1 N–H and O–H groups in total. The molecule has 0 saturated carbocycles. The molecule has 6 nitrogen and oxygen atoms in total. The second-order valence-corrected chi connectivity index (χ2v) is 6.92. The summed E-state index contributed by atoms with van der Waals surface area (Å²) < 4.78 is 40.6. The fourth-order valence-corrected chi connectivity index (χ4v) is 3.48. The monoisotopic (exact) mass is 396 g/mol. The van der Waals surface area contributed by atoms with E-state index in [1.807, 2.05) is 36.0 Å². The molecule has 0 amide bonds. The molecule has 0 spiro atoms.